The lowest BCUT2D eigenvalue weighted by Crippen LogP contribution is -2.43. The molecule has 0 spiro atoms. The standard InChI is InChI=1S/C23H38O5/c1-5-14(3)23(27)28-21-13-19(26)11-16-8-7-15(4)20(22(16)21)10-9-18(25)12-17(24)6-2/h7-8,11,14-15,17-22,24-26H,5-6,9-10,12-13H2,1-4H3/t14-,15-,17+,18+,19+,20-,21-,22-/m0/s1. The minimum Gasteiger partial charge on any atom is -0.461 e. The first-order valence-electron chi connectivity index (χ1n) is 10.9. The van der Waals surface area contributed by atoms with E-state index < -0.39 is 18.3 Å². The van der Waals surface area contributed by atoms with Crippen LogP contribution in [-0.4, -0.2) is 45.7 Å². The van der Waals surface area contributed by atoms with Gasteiger partial charge in [0.2, 0.25) is 0 Å². The number of ether oxygens (including phenoxy) is 1. The van der Waals surface area contributed by atoms with Gasteiger partial charge in [0.1, 0.15) is 6.10 Å². The van der Waals surface area contributed by atoms with E-state index >= 15 is 0 Å². The number of esters is 1. The zero-order chi connectivity index (χ0) is 20.8. The molecule has 2 aliphatic carbocycles. The van der Waals surface area contributed by atoms with Gasteiger partial charge in [0.05, 0.1) is 24.2 Å². The predicted molar refractivity (Wildman–Crippen MR) is 109 cm³/mol. The van der Waals surface area contributed by atoms with Gasteiger partial charge >= 0.3 is 5.97 Å². The Kier molecular flexibility index (Phi) is 8.72. The lowest BCUT2D eigenvalue weighted by atomic mass is 9.66. The molecule has 2 rings (SSSR count). The average molecular weight is 395 g/mol. The molecule has 8 atom stereocenters. The van der Waals surface area contributed by atoms with Crippen LogP contribution >= 0.6 is 0 Å². The summed E-state index contributed by atoms with van der Waals surface area (Å²) in [6, 6.07) is 0. The molecule has 5 nitrogen and oxygen atoms in total. The quantitative estimate of drug-likeness (QED) is 0.522. The number of allylic oxidation sites excluding steroid dienone is 2. The summed E-state index contributed by atoms with van der Waals surface area (Å²) >= 11 is 0. The highest BCUT2D eigenvalue weighted by Gasteiger charge is 2.42. The van der Waals surface area contributed by atoms with Crippen molar-refractivity contribution >= 4 is 5.97 Å². The van der Waals surface area contributed by atoms with Crippen molar-refractivity contribution in [1.82, 2.24) is 0 Å². The number of carbonyl (C=O) groups excluding carboxylic acids is 1. The zero-order valence-corrected chi connectivity index (χ0v) is 17.8. The third-order valence-corrected chi connectivity index (χ3v) is 6.50. The molecule has 0 saturated carbocycles. The number of fused-ring (bicyclic) bond motifs is 1. The summed E-state index contributed by atoms with van der Waals surface area (Å²) in [7, 11) is 0. The van der Waals surface area contributed by atoms with Gasteiger partial charge in [0, 0.05) is 12.3 Å². The molecule has 0 bridgehead atoms. The molecule has 160 valence electrons. The van der Waals surface area contributed by atoms with Crippen LogP contribution in [0.1, 0.15) is 66.2 Å². The first-order chi connectivity index (χ1) is 13.3. The highest BCUT2D eigenvalue weighted by molar-refractivity contribution is 5.72. The highest BCUT2D eigenvalue weighted by atomic mass is 16.5. The van der Waals surface area contributed by atoms with Crippen molar-refractivity contribution in [2.24, 2.45) is 23.7 Å². The van der Waals surface area contributed by atoms with Crippen LogP contribution in [0.25, 0.3) is 0 Å². The third-order valence-electron chi connectivity index (χ3n) is 6.50. The van der Waals surface area contributed by atoms with Crippen molar-refractivity contribution in [3.63, 3.8) is 0 Å². The zero-order valence-electron chi connectivity index (χ0n) is 17.8. The van der Waals surface area contributed by atoms with Crippen molar-refractivity contribution in [2.75, 3.05) is 0 Å². The summed E-state index contributed by atoms with van der Waals surface area (Å²) in [5.41, 5.74) is 1.03. The molecule has 0 fully saturated rings. The molecule has 0 unspecified atom stereocenters. The van der Waals surface area contributed by atoms with Crippen LogP contribution in [0.15, 0.2) is 23.8 Å². The molecule has 0 aromatic carbocycles. The van der Waals surface area contributed by atoms with Crippen LogP contribution in [0.4, 0.5) is 0 Å². The topological polar surface area (TPSA) is 87.0 Å². The molecule has 2 aliphatic rings. The van der Waals surface area contributed by atoms with Gasteiger partial charge in [0.25, 0.3) is 0 Å². The van der Waals surface area contributed by atoms with E-state index in [4.69, 9.17) is 4.74 Å². The van der Waals surface area contributed by atoms with E-state index in [1.165, 1.54) is 0 Å². The van der Waals surface area contributed by atoms with Crippen molar-refractivity contribution in [3.8, 4) is 0 Å². The highest BCUT2D eigenvalue weighted by Crippen LogP contribution is 2.44. The fourth-order valence-electron chi connectivity index (χ4n) is 4.40. The second kappa shape index (κ2) is 10.6. The number of hydrogen-bond donors (Lipinski definition) is 3. The largest absolute Gasteiger partial charge is 0.461 e. The molecule has 0 saturated heterocycles. The van der Waals surface area contributed by atoms with E-state index in [0.717, 1.165) is 18.4 Å². The first-order valence-corrected chi connectivity index (χ1v) is 10.9. The van der Waals surface area contributed by atoms with Gasteiger partial charge in [-0.1, -0.05) is 45.9 Å². The van der Waals surface area contributed by atoms with E-state index in [-0.39, 0.29) is 29.8 Å². The predicted octanol–water partition coefficient (Wildman–Crippen LogP) is 3.38. The molecule has 0 aromatic heterocycles. The van der Waals surface area contributed by atoms with Crippen LogP contribution in [0.3, 0.4) is 0 Å². The van der Waals surface area contributed by atoms with Crippen LogP contribution in [0.2, 0.25) is 0 Å². The first kappa shape index (κ1) is 23.1. The van der Waals surface area contributed by atoms with Gasteiger partial charge in [-0.2, -0.15) is 0 Å². The summed E-state index contributed by atoms with van der Waals surface area (Å²) in [5.74, 6) is 0.212. The van der Waals surface area contributed by atoms with Gasteiger partial charge in [-0.3, -0.25) is 4.79 Å². The number of aliphatic hydroxyl groups excluding tert-OH is 3. The van der Waals surface area contributed by atoms with E-state index in [9.17, 15) is 20.1 Å². The Morgan fingerprint density at radius 1 is 1.25 bits per heavy atom. The maximum Gasteiger partial charge on any atom is 0.308 e. The summed E-state index contributed by atoms with van der Waals surface area (Å²) < 4.78 is 5.88. The van der Waals surface area contributed by atoms with Gasteiger partial charge in [0.15, 0.2) is 0 Å². The summed E-state index contributed by atoms with van der Waals surface area (Å²) in [6.07, 6.45) is 7.71. The molecule has 0 radical (unpaired) electrons. The summed E-state index contributed by atoms with van der Waals surface area (Å²) in [6.45, 7) is 7.90. The second-order valence-corrected chi connectivity index (χ2v) is 8.69. The van der Waals surface area contributed by atoms with Crippen LogP contribution in [0.5, 0.6) is 0 Å². The number of carbonyl (C=O) groups is 1. The Bertz CT molecular complexity index is 569. The molecule has 0 aliphatic heterocycles. The second-order valence-electron chi connectivity index (χ2n) is 8.69. The van der Waals surface area contributed by atoms with Gasteiger partial charge in [-0.05, 0) is 49.5 Å². The van der Waals surface area contributed by atoms with Crippen LogP contribution in [0, 0.1) is 23.7 Å². The lowest BCUT2D eigenvalue weighted by Gasteiger charge is -2.43. The molecular formula is C23H38O5. The van der Waals surface area contributed by atoms with Gasteiger partial charge < -0.3 is 20.1 Å². The Morgan fingerprint density at radius 2 is 1.96 bits per heavy atom. The van der Waals surface area contributed by atoms with Crippen molar-refractivity contribution in [2.45, 2.75) is 90.6 Å². The third kappa shape index (κ3) is 5.91. The Balaban J connectivity index is 2.13. The number of aliphatic hydroxyl groups is 3. The molecule has 0 amide bonds. The Hall–Kier alpha value is -1.17. The monoisotopic (exact) mass is 394 g/mol. The minimum atomic E-state index is -0.606. The van der Waals surface area contributed by atoms with E-state index in [1.54, 1.807) is 0 Å². The maximum atomic E-state index is 12.4. The molecule has 0 aromatic rings. The summed E-state index contributed by atoms with van der Waals surface area (Å²) in [4.78, 5) is 12.4. The van der Waals surface area contributed by atoms with E-state index in [1.807, 2.05) is 26.8 Å². The Labute approximate surface area is 169 Å². The lowest BCUT2D eigenvalue weighted by molar-refractivity contribution is -0.159. The fraction of sp³-hybridized carbons (Fsp3) is 0.783. The SMILES string of the molecule is CC[C@@H](O)C[C@H](O)CC[C@@H]1[C@@H]2C(=C[C@@H](O)C[C@@H]2OC(=O)[C@@H](C)CC)C=C[C@@H]1C. The number of rotatable bonds is 9. The fourth-order valence-corrected chi connectivity index (χ4v) is 4.40. The molecule has 28 heavy (non-hydrogen) atoms. The van der Waals surface area contributed by atoms with Crippen molar-refractivity contribution in [3.05, 3.63) is 23.8 Å². The van der Waals surface area contributed by atoms with Crippen LogP contribution in [-0.2, 0) is 9.53 Å². The molecule has 3 N–H and O–H groups in total. The maximum absolute atomic E-state index is 12.4. The van der Waals surface area contributed by atoms with Gasteiger partial charge in [-0.15, -0.1) is 0 Å². The minimum absolute atomic E-state index is 0.0414. The summed E-state index contributed by atoms with van der Waals surface area (Å²) in [5, 5.41) is 30.3. The van der Waals surface area contributed by atoms with E-state index in [2.05, 4.69) is 19.1 Å². The molecule has 5 heteroatoms. The van der Waals surface area contributed by atoms with E-state index in [0.29, 0.717) is 31.6 Å². The molecule has 0 heterocycles. The van der Waals surface area contributed by atoms with Gasteiger partial charge in [-0.25, -0.2) is 0 Å². The number of hydrogen-bond acceptors (Lipinski definition) is 5. The smallest absolute Gasteiger partial charge is 0.308 e. The van der Waals surface area contributed by atoms with Crippen LogP contribution < -0.4 is 0 Å². The Morgan fingerprint density at radius 3 is 2.61 bits per heavy atom. The normalized spacial score (nSPS) is 32.8. The van der Waals surface area contributed by atoms with Crippen molar-refractivity contribution < 1.29 is 24.9 Å². The molecular weight excluding hydrogens is 356 g/mol. The average Bonchev–Trinajstić information content (AvgIpc) is 2.66. The van der Waals surface area contributed by atoms with Crippen molar-refractivity contribution in [1.29, 1.82) is 0 Å².